The molecule has 1 saturated heterocycles. The van der Waals surface area contributed by atoms with E-state index < -0.39 is 11.7 Å². The van der Waals surface area contributed by atoms with Gasteiger partial charge in [0, 0.05) is 50.3 Å². The Labute approximate surface area is 200 Å². The minimum absolute atomic E-state index is 0.253. The number of aromatic nitrogens is 5. The molecule has 2 aliphatic rings. The van der Waals surface area contributed by atoms with Crippen LogP contribution in [0.2, 0.25) is 0 Å². The summed E-state index contributed by atoms with van der Waals surface area (Å²) in [5.74, 6) is 1.69. The first kappa shape index (κ1) is 21.6. The SMILES string of the molecule is OC1Cc2c(F)cccc2OC12CCN(c1ccc(-c3nnc(Cc4cccnc4)o3)nn1)CC2. The first-order valence-electron chi connectivity index (χ1n) is 11.5. The summed E-state index contributed by atoms with van der Waals surface area (Å²) in [7, 11) is 0. The summed E-state index contributed by atoms with van der Waals surface area (Å²) in [6, 6.07) is 12.3. The van der Waals surface area contributed by atoms with E-state index in [1.54, 1.807) is 30.6 Å². The molecular weight excluding hydrogens is 451 g/mol. The highest BCUT2D eigenvalue weighted by Gasteiger charge is 2.47. The lowest BCUT2D eigenvalue weighted by Gasteiger charge is -2.47. The van der Waals surface area contributed by atoms with E-state index in [1.165, 1.54) is 6.07 Å². The largest absolute Gasteiger partial charge is 0.484 e. The van der Waals surface area contributed by atoms with Crippen molar-refractivity contribution in [3.8, 4) is 17.3 Å². The molecule has 5 heterocycles. The molecular formula is C25H23FN6O3. The number of anilines is 1. The van der Waals surface area contributed by atoms with Crippen LogP contribution in [0.15, 0.2) is 59.3 Å². The number of nitrogens with zero attached hydrogens (tertiary/aromatic N) is 6. The quantitative estimate of drug-likeness (QED) is 0.477. The number of ether oxygens (including phenoxy) is 1. The van der Waals surface area contributed by atoms with E-state index in [0.29, 0.717) is 61.1 Å². The van der Waals surface area contributed by atoms with Crippen LogP contribution in [0.1, 0.15) is 29.9 Å². The summed E-state index contributed by atoms with van der Waals surface area (Å²) in [5.41, 5.74) is 1.20. The maximum atomic E-state index is 14.1. The van der Waals surface area contributed by atoms with Gasteiger partial charge in [0.1, 0.15) is 22.9 Å². The van der Waals surface area contributed by atoms with Crippen LogP contribution in [0.4, 0.5) is 10.2 Å². The second-order valence-electron chi connectivity index (χ2n) is 8.91. The number of benzene rings is 1. The van der Waals surface area contributed by atoms with Crippen molar-refractivity contribution in [1.82, 2.24) is 25.4 Å². The molecule has 9 nitrogen and oxygen atoms in total. The van der Waals surface area contributed by atoms with Crippen LogP contribution in [0, 0.1) is 5.82 Å². The fourth-order valence-corrected chi connectivity index (χ4v) is 4.76. The van der Waals surface area contributed by atoms with Crippen molar-refractivity contribution in [1.29, 1.82) is 0 Å². The predicted octanol–water partition coefficient (Wildman–Crippen LogP) is 2.99. The van der Waals surface area contributed by atoms with Crippen molar-refractivity contribution in [3.05, 3.63) is 77.7 Å². The molecule has 1 spiro atoms. The molecule has 0 aliphatic carbocycles. The molecule has 1 atom stereocenters. The molecule has 0 radical (unpaired) electrons. The number of halogens is 1. The van der Waals surface area contributed by atoms with Crippen molar-refractivity contribution in [2.75, 3.05) is 18.0 Å². The van der Waals surface area contributed by atoms with Gasteiger partial charge in [-0.1, -0.05) is 12.1 Å². The van der Waals surface area contributed by atoms with Crippen LogP contribution in [-0.4, -0.2) is 55.3 Å². The van der Waals surface area contributed by atoms with Gasteiger partial charge in [-0.25, -0.2) is 4.39 Å². The molecule has 35 heavy (non-hydrogen) atoms. The average Bonchev–Trinajstić information content (AvgIpc) is 3.35. The third kappa shape index (κ3) is 4.10. The van der Waals surface area contributed by atoms with Crippen molar-refractivity contribution in [3.63, 3.8) is 0 Å². The number of hydrogen-bond acceptors (Lipinski definition) is 9. The van der Waals surface area contributed by atoms with Crippen LogP contribution in [-0.2, 0) is 12.8 Å². The molecule has 1 unspecified atom stereocenters. The van der Waals surface area contributed by atoms with Gasteiger partial charge in [0.2, 0.25) is 5.89 Å². The molecule has 178 valence electrons. The fraction of sp³-hybridized carbons (Fsp3) is 0.320. The number of aliphatic hydroxyl groups excluding tert-OH is 1. The third-order valence-electron chi connectivity index (χ3n) is 6.74. The first-order valence-corrected chi connectivity index (χ1v) is 11.5. The van der Waals surface area contributed by atoms with E-state index in [0.717, 1.165) is 11.4 Å². The fourth-order valence-electron chi connectivity index (χ4n) is 4.76. The van der Waals surface area contributed by atoms with E-state index in [2.05, 4.69) is 30.3 Å². The van der Waals surface area contributed by atoms with Crippen LogP contribution in [0.3, 0.4) is 0 Å². The Morgan fingerprint density at radius 2 is 1.91 bits per heavy atom. The molecule has 0 amide bonds. The summed E-state index contributed by atoms with van der Waals surface area (Å²) in [5, 5.41) is 27.6. The molecule has 0 saturated carbocycles. The molecule has 6 rings (SSSR count). The van der Waals surface area contributed by atoms with Gasteiger partial charge in [-0.15, -0.1) is 20.4 Å². The van der Waals surface area contributed by atoms with Crippen LogP contribution in [0.5, 0.6) is 5.75 Å². The van der Waals surface area contributed by atoms with E-state index in [9.17, 15) is 9.50 Å². The van der Waals surface area contributed by atoms with Gasteiger partial charge in [0.25, 0.3) is 5.89 Å². The molecule has 2 aliphatic heterocycles. The lowest BCUT2D eigenvalue weighted by Crippen LogP contribution is -2.57. The highest BCUT2D eigenvalue weighted by Crippen LogP contribution is 2.41. The number of hydrogen-bond donors (Lipinski definition) is 1. The van der Waals surface area contributed by atoms with E-state index in [4.69, 9.17) is 9.15 Å². The third-order valence-corrected chi connectivity index (χ3v) is 6.74. The van der Waals surface area contributed by atoms with Gasteiger partial charge >= 0.3 is 0 Å². The van der Waals surface area contributed by atoms with Crippen molar-refractivity contribution in [2.24, 2.45) is 0 Å². The average molecular weight is 474 g/mol. The van der Waals surface area contributed by atoms with Crippen molar-refractivity contribution >= 4 is 5.82 Å². The summed E-state index contributed by atoms with van der Waals surface area (Å²) < 4.78 is 26.0. The molecule has 1 N–H and O–H groups in total. The van der Waals surface area contributed by atoms with Gasteiger partial charge in [0.05, 0.1) is 12.5 Å². The number of aliphatic hydroxyl groups is 1. The Hall–Kier alpha value is -3.92. The van der Waals surface area contributed by atoms with Crippen LogP contribution < -0.4 is 9.64 Å². The topological polar surface area (TPSA) is 110 Å². The monoisotopic (exact) mass is 474 g/mol. The van der Waals surface area contributed by atoms with E-state index >= 15 is 0 Å². The van der Waals surface area contributed by atoms with Gasteiger partial charge in [-0.05, 0) is 35.9 Å². The molecule has 4 aromatic rings. The highest BCUT2D eigenvalue weighted by atomic mass is 19.1. The lowest BCUT2D eigenvalue weighted by molar-refractivity contribution is -0.0817. The second kappa shape index (κ2) is 8.70. The molecule has 1 aromatic carbocycles. The van der Waals surface area contributed by atoms with Crippen LogP contribution in [0.25, 0.3) is 11.6 Å². The van der Waals surface area contributed by atoms with E-state index in [-0.39, 0.29) is 12.2 Å². The summed E-state index contributed by atoms with van der Waals surface area (Å²) in [6.45, 7) is 1.26. The van der Waals surface area contributed by atoms with Gasteiger partial charge in [-0.3, -0.25) is 4.98 Å². The zero-order valence-electron chi connectivity index (χ0n) is 18.8. The summed E-state index contributed by atoms with van der Waals surface area (Å²) in [6.07, 6.45) is 4.64. The van der Waals surface area contributed by atoms with E-state index in [1.807, 2.05) is 18.2 Å². The van der Waals surface area contributed by atoms with Crippen LogP contribution >= 0.6 is 0 Å². The standard InChI is InChI=1S/C25H23FN6O3/c26-18-4-1-5-20-17(18)14-21(33)25(35-20)8-11-32(12-9-25)22-7-6-19(28-29-22)24-31-30-23(34-24)13-16-3-2-10-27-15-16/h1-7,10,15,21,33H,8-9,11-14H2. The Bertz CT molecular complexity index is 1320. The predicted molar refractivity (Wildman–Crippen MR) is 123 cm³/mol. The highest BCUT2D eigenvalue weighted by molar-refractivity contribution is 5.49. The van der Waals surface area contributed by atoms with Crippen molar-refractivity contribution < 1.29 is 18.7 Å². The summed E-state index contributed by atoms with van der Waals surface area (Å²) in [4.78, 5) is 6.19. The summed E-state index contributed by atoms with van der Waals surface area (Å²) >= 11 is 0. The number of rotatable bonds is 4. The maximum absolute atomic E-state index is 14.1. The van der Waals surface area contributed by atoms with Gasteiger partial charge in [-0.2, -0.15) is 0 Å². The number of piperidine rings is 1. The number of pyridine rings is 1. The zero-order chi connectivity index (χ0) is 23.8. The normalized spacial score (nSPS) is 18.8. The minimum atomic E-state index is -0.763. The Balaban J connectivity index is 1.12. The van der Waals surface area contributed by atoms with Gasteiger partial charge < -0.3 is 19.2 Å². The number of fused-ring (bicyclic) bond motifs is 1. The molecule has 3 aromatic heterocycles. The Morgan fingerprint density at radius 1 is 1.03 bits per heavy atom. The molecule has 0 bridgehead atoms. The lowest BCUT2D eigenvalue weighted by atomic mass is 9.80. The smallest absolute Gasteiger partial charge is 0.268 e. The Morgan fingerprint density at radius 3 is 2.69 bits per heavy atom. The van der Waals surface area contributed by atoms with Crippen molar-refractivity contribution in [2.45, 2.75) is 37.4 Å². The first-order chi connectivity index (χ1) is 17.1. The maximum Gasteiger partial charge on any atom is 0.268 e. The second-order valence-corrected chi connectivity index (χ2v) is 8.91. The Kier molecular flexibility index (Phi) is 5.37. The van der Waals surface area contributed by atoms with Gasteiger partial charge in [0.15, 0.2) is 5.82 Å². The molecule has 10 heteroatoms. The zero-order valence-corrected chi connectivity index (χ0v) is 18.8. The minimum Gasteiger partial charge on any atom is -0.484 e. The molecule has 1 fully saturated rings.